The first-order valence-electron chi connectivity index (χ1n) is 29.1. The number of hydrogen-bond acceptors (Lipinski definition) is 2. The van der Waals surface area contributed by atoms with Crippen molar-refractivity contribution in [3.8, 4) is 66.8 Å². The van der Waals surface area contributed by atoms with Crippen molar-refractivity contribution < 1.29 is 0 Å². The summed E-state index contributed by atoms with van der Waals surface area (Å²) >= 11 is 0. The summed E-state index contributed by atoms with van der Waals surface area (Å²) in [7, 11) is 0. The molecule has 0 amide bonds. The van der Waals surface area contributed by atoms with Gasteiger partial charge in [0.05, 0.1) is 11.5 Å². The largest absolute Gasteiger partial charge is 0.334 e. The van der Waals surface area contributed by atoms with E-state index < -0.39 is 5.41 Å². The molecule has 3 aliphatic carbocycles. The van der Waals surface area contributed by atoms with Gasteiger partial charge in [0.15, 0.2) is 0 Å². The lowest BCUT2D eigenvalue weighted by Gasteiger charge is -2.36. The van der Waals surface area contributed by atoms with Gasteiger partial charge in [-0.15, -0.1) is 0 Å². The van der Waals surface area contributed by atoms with Crippen LogP contribution in [0.15, 0.2) is 309 Å². The van der Waals surface area contributed by atoms with E-state index in [1.165, 1.54) is 106 Å². The van der Waals surface area contributed by atoms with Crippen LogP contribution in [0.3, 0.4) is 0 Å². The number of benzene rings is 12. The quantitative estimate of drug-likeness (QED) is 0.127. The second-order valence-electron chi connectivity index (χ2n) is 22.4. The minimum Gasteiger partial charge on any atom is -0.334 e. The fraction of sp³-hybridized carbons (Fsp3) is 0.0617. The molecule has 2 nitrogen and oxygen atoms in total. The number of nitrogens with zero attached hydrogens (tertiary/aromatic N) is 2. The first-order valence-corrected chi connectivity index (χ1v) is 29.1. The molecule has 0 saturated heterocycles. The van der Waals surface area contributed by atoms with E-state index in [0.29, 0.717) is 0 Å². The zero-order valence-corrected chi connectivity index (χ0v) is 46.6. The molecule has 83 heavy (non-hydrogen) atoms. The van der Waals surface area contributed by atoms with Gasteiger partial charge < -0.3 is 9.80 Å². The molecular weight excluding hydrogens is 1000 g/mol. The molecular formula is C81H60N2. The molecule has 1 unspecified atom stereocenters. The van der Waals surface area contributed by atoms with Crippen LogP contribution in [0.4, 0.5) is 28.4 Å². The van der Waals surface area contributed by atoms with Crippen LogP contribution in [0.25, 0.3) is 72.3 Å². The predicted molar refractivity (Wildman–Crippen MR) is 349 cm³/mol. The molecule has 0 bridgehead atoms. The molecule has 0 aliphatic heterocycles. The fourth-order valence-corrected chi connectivity index (χ4v) is 13.8. The van der Waals surface area contributed by atoms with Gasteiger partial charge in [0.1, 0.15) is 0 Å². The molecule has 15 rings (SSSR count). The van der Waals surface area contributed by atoms with Crippen molar-refractivity contribution in [3.63, 3.8) is 0 Å². The average Bonchev–Trinajstić information content (AvgIpc) is 1.65. The van der Waals surface area contributed by atoms with Gasteiger partial charge in [0.25, 0.3) is 0 Å². The highest BCUT2D eigenvalue weighted by molar-refractivity contribution is 5.97. The van der Waals surface area contributed by atoms with Crippen molar-refractivity contribution in [2.45, 2.75) is 31.7 Å². The number of fused-ring (bicyclic) bond motifs is 10. The summed E-state index contributed by atoms with van der Waals surface area (Å²) in [4.78, 5) is 5.11. The summed E-state index contributed by atoms with van der Waals surface area (Å²) in [6.07, 6.45) is 8.01. The van der Waals surface area contributed by atoms with Crippen LogP contribution < -0.4 is 9.80 Å². The maximum atomic E-state index is 2.61. The minimum absolute atomic E-state index is 0.00150. The normalized spacial score (nSPS) is 14.1. The summed E-state index contributed by atoms with van der Waals surface area (Å²) < 4.78 is 0. The van der Waals surface area contributed by atoms with Crippen LogP contribution in [0, 0.1) is 13.8 Å². The van der Waals surface area contributed by atoms with E-state index in [4.69, 9.17) is 0 Å². The van der Waals surface area contributed by atoms with Crippen LogP contribution in [-0.2, 0) is 5.41 Å². The van der Waals surface area contributed by atoms with Crippen LogP contribution in [0.2, 0.25) is 0 Å². The SMILES string of the molecule is Cc1cc(-c2ccccc2)ccc1N(c1ccc(-c2ccccc2)cc1)c1cc(-c2ccc3c(c2)C2(c4ccccc4-c4ccccc42)c2ccccc2-3)cc(N(c2ccc(-c3ccccc3)cc2C)C2C=CC(c3ccccc3)=CC2)c1. The molecule has 12 aromatic rings. The Kier molecular flexibility index (Phi) is 12.4. The van der Waals surface area contributed by atoms with Crippen molar-refractivity contribution in [1.82, 2.24) is 0 Å². The molecule has 0 fully saturated rings. The molecule has 1 atom stereocenters. The van der Waals surface area contributed by atoms with Crippen LogP contribution in [0.5, 0.6) is 0 Å². The zero-order chi connectivity index (χ0) is 55.4. The minimum atomic E-state index is -0.487. The van der Waals surface area contributed by atoms with E-state index >= 15 is 0 Å². The van der Waals surface area contributed by atoms with E-state index in [-0.39, 0.29) is 6.04 Å². The fourth-order valence-electron chi connectivity index (χ4n) is 13.8. The Labute approximate surface area is 487 Å². The van der Waals surface area contributed by atoms with Crippen molar-refractivity contribution in [1.29, 1.82) is 0 Å². The van der Waals surface area contributed by atoms with Crippen LogP contribution in [-0.4, -0.2) is 6.04 Å². The molecule has 0 aromatic heterocycles. The van der Waals surface area contributed by atoms with Gasteiger partial charge in [-0.25, -0.2) is 0 Å². The smallest absolute Gasteiger partial charge is 0.0725 e. The maximum Gasteiger partial charge on any atom is 0.0725 e. The topological polar surface area (TPSA) is 6.48 Å². The van der Waals surface area contributed by atoms with E-state index in [9.17, 15) is 0 Å². The standard InChI is InChI=1S/C81H60N2/c1-55-49-63(59-25-11-5-12-26-59)40-47-79(55)82(67-42-35-61(36-43-67)57-21-7-3-8-22-57)69-51-66(65-39-46-74-73-31-17-20-34-77(73)81(78(74)53-65)75-32-18-15-29-71(75)72-30-16-19-33-76(72)81)52-70(54-69)83(68-44-37-62(38-45-68)58-23-9-4-10-24-58)80-48-41-64(50-56(80)2)60-27-13-6-14-28-60/h3-44,46-54,68H,45H2,1-2H3. The Bertz CT molecular complexity index is 4410. The highest BCUT2D eigenvalue weighted by Crippen LogP contribution is 2.63. The summed E-state index contributed by atoms with van der Waals surface area (Å²) in [6, 6.07) is 108. The van der Waals surface area contributed by atoms with Crippen molar-refractivity contribution in [2.75, 3.05) is 9.80 Å². The average molecular weight is 1060 g/mol. The van der Waals surface area contributed by atoms with Crippen molar-refractivity contribution in [2.24, 2.45) is 0 Å². The van der Waals surface area contributed by atoms with Gasteiger partial charge in [-0.2, -0.15) is 0 Å². The lowest BCUT2D eigenvalue weighted by molar-refractivity contribution is 0.785. The lowest BCUT2D eigenvalue weighted by Crippen LogP contribution is -2.31. The Hall–Kier alpha value is -10.3. The van der Waals surface area contributed by atoms with Crippen LogP contribution >= 0.6 is 0 Å². The van der Waals surface area contributed by atoms with E-state index in [1.54, 1.807) is 0 Å². The van der Waals surface area contributed by atoms with Crippen molar-refractivity contribution >= 4 is 34.0 Å². The lowest BCUT2D eigenvalue weighted by atomic mass is 9.70. The Balaban J connectivity index is 0.976. The molecule has 394 valence electrons. The molecule has 0 radical (unpaired) electrons. The first kappa shape index (κ1) is 49.7. The van der Waals surface area contributed by atoms with Gasteiger partial charge in [-0.3, -0.25) is 0 Å². The highest BCUT2D eigenvalue weighted by Gasteiger charge is 2.51. The van der Waals surface area contributed by atoms with Gasteiger partial charge in [-0.1, -0.05) is 249 Å². The van der Waals surface area contributed by atoms with Gasteiger partial charge in [-0.05, 0) is 192 Å². The number of rotatable bonds is 11. The van der Waals surface area contributed by atoms with Gasteiger partial charge in [0.2, 0.25) is 0 Å². The summed E-state index contributed by atoms with van der Waals surface area (Å²) in [5.41, 5.74) is 29.9. The Morgan fingerprint density at radius 1 is 0.313 bits per heavy atom. The Morgan fingerprint density at radius 2 is 0.735 bits per heavy atom. The zero-order valence-electron chi connectivity index (χ0n) is 46.6. The summed E-state index contributed by atoms with van der Waals surface area (Å²) in [5.74, 6) is 0. The summed E-state index contributed by atoms with van der Waals surface area (Å²) in [6.45, 7) is 4.55. The first-order chi connectivity index (χ1) is 41.0. The third kappa shape index (κ3) is 8.57. The molecule has 3 aliphatic rings. The maximum absolute atomic E-state index is 2.61. The molecule has 0 N–H and O–H groups in total. The number of allylic oxidation sites excluding steroid dienone is 2. The molecule has 12 aromatic carbocycles. The van der Waals surface area contributed by atoms with Crippen LogP contribution in [0.1, 0.15) is 45.4 Å². The predicted octanol–water partition coefficient (Wildman–Crippen LogP) is 21.3. The second kappa shape index (κ2) is 20.7. The molecule has 0 heterocycles. The molecule has 2 heteroatoms. The third-order valence-corrected chi connectivity index (χ3v) is 17.6. The Morgan fingerprint density at radius 3 is 1.25 bits per heavy atom. The van der Waals surface area contributed by atoms with E-state index in [0.717, 1.165) is 40.3 Å². The summed E-state index contributed by atoms with van der Waals surface area (Å²) in [5, 5.41) is 0. The van der Waals surface area contributed by atoms with E-state index in [2.05, 4.69) is 333 Å². The van der Waals surface area contributed by atoms with E-state index in [1.807, 2.05) is 0 Å². The second-order valence-corrected chi connectivity index (χ2v) is 22.4. The number of aryl methyl sites for hydroxylation is 2. The monoisotopic (exact) mass is 1060 g/mol. The van der Waals surface area contributed by atoms with Crippen molar-refractivity contribution in [3.05, 3.63) is 348 Å². The van der Waals surface area contributed by atoms with Gasteiger partial charge >= 0.3 is 0 Å². The molecule has 0 saturated carbocycles. The third-order valence-electron chi connectivity index (χ3n) is 17.6. The van der Waals surface area contributed by atoms with Gasteiger partial charge in [0, 0.05) is 28.4 Å². The highest BCUT2D eigenvalue weighted by atomic mass is 15.2. The molecule has 1 spiro atoms. The number of hydrogen-bond donors (Lipinski definition) is 0. The number of anilines is 5.